The maximum atomic E-state index is 5.83. The number of aromatic amines is 1. The SMILES string of the molecule is Cc1cc(Oc2ccc([C@H](C)N)c(Br)c2)n[nH]1. The van der Waals surface area contributed by atoms with Gasteiger partial charge in [0.25, 0.3) is 0 Å². The fourth-order valence-corrected chi connectivity index (χ4v) is 2.23. The lowest BCUT2D eigenvalue weighted by atomic mass is 10.1. The van der Waals surface area contributed by atoms with E-state index in [1.165, 1.54) is 0 Å². The first kappa shape index (κ1) is 12.1. The van der Waals surface area contributed by atoms with Crippen LogP contribution in [0.3, 0.4) is 0 Å². The molecule has 0 amide bonds. The van der Waals surface area contributed by atoms with E-state index in [4.69, 9.17) is 10.5 Å². The quantitative estimate of drug-likeness (QED) is 0.913. The minimum atomic E-state index is -0.00828. The Hall–Kier alpha value is -1.33. The molecule has 1 heterocycles. The summed E-state index contributed by atoms with van der Waals surface area (Å²) in [5.41, 5.74) is 7.85. The van der Waals surface area contributed by atoms with Crippen molar-refractivity contribution in [2.24, 2.45) is 5.73 Å². The second-order valence-electron chi connectivity index (χ2n) is 3.96. The van der Waals surface area contributed by atoms with Crippen LogP contribution >= 0.6 is 15.9 Å². The molecule has 2 rings (SSSR count). The standard InChI is InChI=1S/C12H14BrN3O/c1-7-5-12(16-15-7)17-9-3-4-10(8(2)14)11(13)6-9/h3-6,8H,14H2,1-2H3,(H,15,16)/t8-/m0/s1. The van der Waals surface area contributed by atoms with Gasteiger partial charge in [0.05, 0.1) is 0 Å². The number of nitrogens with one attached hydrogen (secondary N) is 1. The van der Waals surface area contributed by atoms with Crippen LogP contribution in [0.2, 0.25) is 0 Å². The third-order valence-electron chi connectivity index (χ3n) is 2.37. The van der Waals surface area contributed by atoms with Gasteiger partial charge < -0.3 is 10.5 Å². The first-order valence-electron chi connectivity index (χ1n) is 5.31. The van der Waals surface area contributed by atoms with Gasteiger partial charge in [-0.25, -0.2) is 0 Å². The van der Waals surface area contributed by atoms with Crippen LogP contribution in [-0.4, -0.2) is 10.2 Å². The van der Waals surface area contributed by atoms with Crippen LogP contribution in [0.15, 0.2) is 28.7 Å². The molecule has 0 spiro atoms. The lowest BCUT2D eigenvalue weighted by Crippen LogP contribution is -2.05. The average molecular weight is 296 g/mol. The van der Waals surface area contributed by atoms with Gasteiger partial charge in [-0.05, 0) is 31.5 Å². The zero-order valence-corrected chi connectivity index (χ0v) is 11.3. The molecule has 17 heavy (non-hydrogen) atoms. The highest BCUT2D eigenvalue weighted by atomic mass is 79.9. The van der Waals surface area contributed by atoms with Crippen molar-refractivity contribution in [3.8, 4) is 11.6 Å². The summed E-state index contributed by atoms with van der Waals surface area (Å²) in [5, 5.41) is 6.84. The molecule has 4 nitrogen and oxygen atoms in total. The van der Waals surface area contributed by atoms with Crippen molar-refractivity contribution in [2.45, 2.75) is 19.9 Å². The molecule has 0 aliphatic rings. The van der Waals surface area contributed by atoms with Crippen LogP contribution in [-0.2, 0) is 0 Å². The predicted molar refractivity (Wildman–Crippen MR) is 70.1 cm³/mol. The van der Waals surface area contributed by atoms with Gasteiger partial charge in [0.1, 0.15) is 5.75 Å². The molecule has 0 saturated carbocycles. The number of ether oxygens (including phenoxy) is 1. The Morgan fingerprint density at radius 2 is 2.18 bits per heavy atom. The first-order chi connectivity index (χ1) is 8.06. The Morgan fingerprint density at radius 3 is 2.71 bits per heavy atom. The Bertz CT molecular complexity index is 522. The fourth-order valence-electron chi connectivity index (χ4n) is 1.51. The van der Waals surface area contributed by atoms with Crippen LogP contribution in [0, 0.1) is 6.92 Å². The van der Waals surface area contributed by atoms with Crippen molar-refractivity contribution in [2.75, 3.05) is 0 Å². The van der Waals surface area contributed by atoms with Crippen molar-refractivity contribution in [1.82, 2.24) is 10.2 Å². The molecule has 0 aliphatic carbocycles. The van der Waals surface area contributed by atoms with E-state index in [1.54, 1.807) is 0 Å². The van der Waals surface area contributed by atoms with E-state index in [0.29, 0.717) is 5.88 Å². The van der Waals surface area contributed by atoms with E-state index < -0.39 is 0 Å². The number of nitrogens with zero attached hydrogens (tertiary/aromatic N) is 1. The highest BCUT2D eigenvalue weighted by Crippen LogP contribution is 2.28. The Morgan fingerprint density at radius 1 is 1.41 bits per heavy atom. The lowest BCUT2D eigenvalue weighted by molar-refractivity contribution is 0.461. The number of benzene rings is 1. The van der Waals surface area contributed by atoms with Crippen molar-refractivity contribution in [1.29, 1.82) is 0 Å². The molecule has 1 atom stereocenters. The second kappa shape index (κ2) is 4.89. The summed E-state index contributed by atoms with van der Waals surface area (Å²) in [6.07, 6.45) is 0. The van der Waals surface area contributed by atoms with Crippen molar-refractivity contribution in [3.05, 3.63) is 40.0 Å². The average Bonchev–Trinajstić information content (AvgIpc) is 2.63. The number of H-pyrrole nitrogens is 1. The minimum Gasteiger partial charge on any atom is -0.438 e. The third kappa shape index (κ3) is 2.87. The Kier molecular flexibility index (Phi) is 3.49. The summed E-state index contributed by atoms with van der Waals surface area (Å²) in [7, 11) is 0. The molecular formula is C12H14BrN3O. The largest absolute Gasteiger partial charge is 0.438 e. The zero-order chi connectivity index (χ0) is 12.4. The topological polar surface area (TPSA) is 63.9 Å². The maximum absolute atomic E-state index is 5.83. The Labute approximate surface area is 108 Å². The van der Waals surface area contributed by atoms with E-state index in [1.807, 2.05) is 38.1 Å². The molecule has 5 heteroatoms. The number of nitrogens with two attached hydrogens (primary N) is 1. The van der Waals surface area contributed by atoms with Gasteiger partial charge in [-0.1, -0.05) is 22.0 Å². The number of rotatable bonds is 3. The van der Waals surface area contributed by atoms with Gasteiger partial charge in [-0.3, -0.25) is 5.10 Å². The third-order valence-corrected chi connectivity index (χ3v) is 3.05. The fraction of sp³-hybridized carbons (Fsp3) is 0.250. The van der Waals surface area contributed by atoms with Crippen LogP contribution in [0.25, 0.3) is 0 Å². The van der Waals surface area contributed by atoms with Crippen LogP contribution in [0.5, 0.6) is 11.6 Å². The van der Waals surface area contributed by atoms with Crippen LogP contribution < -0.4 is 10.5 Å². The van der Waals surface area contributed by atoms with Gasteiger partial charge in [0.2, 0.25) is 5.88 Å². The first-order valence-corrected chi connectivity index (χ1v) is 6.10. The molecule has 0 radical (unpaired) electrons. The molecular weight excluding hydrogens is 282 g/mol. The summed E-state index contributed by atoms with van der Waals surface area (Å²) in [6, 6.07) is 7.55. The normalized spacial score (nSPS) is 12.5. The number of halogens is 1. The zero-order valence-electron chi connectivity index (χ0n) is 9.70. The van der Waals surface area contributed by atoms with E-state index in [-0.39, 0.29) is 6.04 Å². The molecule has 0 bridgehead atoms. The van der Waals surface area contributed by atoms with Gasteiger partial charge >= 0.3 is 0 Å². The predicted octanol–water partition coefficient (Wildman–Crippen LogP) is 3.29. The van der Waals surface area contributed by atoms with Crippen molar-refractivity contribution in [3.63, 3.8) is 0 Å². The van der Waals surface area contributed by atoms with Gasteiger partial charge in [-0.15, -0.1) is 5.10 Å². The molecule has 0 saturated heterocycles. The van der Waals surface area contributed by atoms with E-state index in [9.17, 15) is 0 Å². The van der Waals surface area contributed by atoms with Crippen LogP contribution in [0.1, 0.15) is 24.2 Å². The van der Waals surface area contributed by atoms with E-state index in [0.717, 1.165) is 21.5 Å². The molecule has 0 aliphatic heterocycles. The number of hydrogen-bond donors (Lipinski definition) is 2. The molecule has 90 valence electrons. The smallest absolute Gasteiger partial charge is 0.238 e. The summed E-state index contributed by atoms with van der Waals surface area (Å²) in [6.45, 7) is 3.87. The number of aryl methyl sites for hydroxylation is 1. The summed E-state index contributed by atoms with van der Waals surface area (Å²) >= 11 is 3.48. The maximum Gasteiger partial charge on any atom is 0.238 e. The Balaban J connectivity index is 2.20. The van der Waals surface area contributed by atoms with Gasteiger partial charge in [-0.2, -0.15) is 0 Å². The van der Waals surface area contributed by atoms with E-state index >= 15 is 0 Å². The summed E-state index contributed by atoms with van der Waals surface area (Å²) in [5.74, 6) is 1.29. The monoisotopic (exact) mass is 295 g/mol. The molecule has 1 aromatic carbocycles. The number of hydrogen-bond acceptors (Lipinski definition) is 3. The molecule has 0 fully saturated rings. The second-order valence-corrected chi connectivity index (χ2v) is 4.82. The van der Waals surface area contributed by atoms with E-state index in [2.05, 4.69) is 26.1 Å². The number of aromatic nitrogens is 2. The van der Waals surface area contributed by atoms with Crippen LogP contribution in [0.4, 0.5) is 0 Å². The van der Waals surface area contributed by atoms with Crippen molar-refractivity contribution >= 4 is 15.9 Å². The van der Waals surface area contributed by atoms with Gasteiger partial charge in [0.15, 0.2) is 0 Å². The van der Waals surface area contributed by atoms with Crippen molar-refractivity contribution < 1.29 is 4.74 Å². The molecule has 0 unspecified atom stereocenters. The highest BCUT2D eigenvalue weighted by molar-refractivity contribution is 9.10. The lowest BCUT2D eigenvalue weighted by Gasteiger charge is -2.10. The molecule has 3 N–H and O–H groups in total. The van der Waals surface area contributed by atoms with Gasteiger partial charge in [0, 0.05) is 22.3 Å². The summed E-state index contributed by atoms with van der Waals surface area (Å²) < 4.78 is 6.54. The highest BCUT2D eigenvalue weighted by Gasteiger charge is 2.07. The summed E-state index contributed by atoms with van der Waals surface area (Å²) in [4.78, 5) is 0. The molecule has 2 aromatic rings. The minimum absolute atomic E-state index is 0.00828. The molecule has 1 aromatic heterocycles.